The molecule has 3 heterocycles. The maximum absolute atomic E-state index is 13.6. The molecule has 0 radical (unpaired) electrons. The summed E-state index contributed by atoms with van der Waals surface area (Å²) in [5.41, 5.74) is 0.514. The normalized spacial score (nSPS) is 29.9. The first-order valence-corrected chi connectivity index (χ1v) is 12.8. The van der Waals surface area contributed by atoms with E-state index in [1.54, 1.807) is 0 Å². The molecule has 1 aromatic carbocycles. The number of rotatable bonds is 5. The summed E-state index contributed by atoms with van der Waals surface area (Å²) < 4.78 is 5.47. The first kappa shape index (κ1) is 28.0. The van der Waals surface area contributed by atoms with Crippen molar-refractivity contribution in [3.8, 4) is 5.75 Å². The number of aliphatic hydroxyl groups excluding tert-OH is 1. The van der Waals surface area contributed by atoms with E-state index in [0.29, 0.717) is 13.0 Å². The molecule has 7 atom stereocenters. The zero-order valence-electron chi connectivity index (χ0n) is 21.7. The Bertz CT molecular complexity index is 1210. The second kappa shape index (κ2) is 12.2. The maximum Gasteiger partial charge on any atom is 0.274 e. The van der Waals surface area contributed by atoms with Gasteiger partial charge in [-0.2, -0.15) is 0 Å². The lowest BCUT2D eigenvalue weighted by molar-refractivity contribution is -0.144. The Morgan fingerprint density at radius 1 is 1.03 bits per heavy atom. The van der Waals surface area contributed by atoms with Gasteiger partial charge >= 0.3 is 0 Å². The molecule has 12 heteroatoms. The minimum atomic E-state index is -1.33. The Morgan fingerprint density at radius 2 is 1.74 bits per heavy atom. The highest BCUT2D eigenvalue weighted by Gasteiger charge is 2.41. The van der Waals surface area contributed by atoms with Crippen LogP contribution in [0, 0.1) is 5.92 Å². The van der Waals surface area contributed by atoms with E-state index < -0.39 is 65.9 Å². The SMILES string of the molecule is CC1NC(=O)C(C2CCO2)NC(=O)C(C)C(O)C(Cc2ccccc2)NC(=O)C1NC(=O)c1ncccc1O. The van der Waals surface area contributed by atoms with Crippen LogP contribution in [0.4, 0.5) is 0 Å². The molecular formula is C27H33N5O7. The lowest BCUT2D eigenvalue weighted by atomic mass is 9.90. The maximum atomic E-state index is 13.6. The van der Waals surface area contributed by atoms with Crippen molar-refractivity contribution in [2.75, 3.05) is 6.61 Å². The minimum Gasteiger partial charge on any atom is -0.505 e. The van der Waals surface area contributed by atoms with Gasteiger partial charge in [-0.3, -0.25) is 19.2 Å². The van der Waals surface area contributed by atoms with E-state index in [-0.39, 0.29) is 17.9 Å². The second-order valence-corrected chi connectivity index (χ2v) is 9.89. The predicted molar refractivity (Wildman–Crippen MR) is 138 cm³/mol. The van der Waals surface area contributed by atoms with Crippen molar-refractivity contribution in [1.82, 2.24) is 26.3 Å². The van der Waals surface area contributed by atoms with Gasteiger partial charge in [0, 0.05) is 12.8 Å². The van der Waals surface area contributed by atoms with Crippen molar-refractivity contribution in [3.63, 3.8) is 0 Å². The van der Waals surface area contributed by atoms with Gasteiger partial charge in [-0.25, -0.2) is 4.98 Å². The number of aromatic nitrogens is 1. The summed E-state index contributed by atoms with van der Waals surface area (Å²) in [7, 11) is 0. The number of carbonyl (C=O) groups is 4. The molecule has 12 nitrogen and oxygen atoms in total. The van der Waals surface area contributed by atoms with Crippen molar-refractivity contribution in [1.29, 1.82) is 0 Å². The number of hydrogen-bond acceptors (Lipinski definition) is 8. The van der Waals surface area contributed by atoms with E-state index in [9.17, 15) is 29.4 Å². The molecule has 7 unspecified atom stereocenters. The Labute approximate surface area is 225 Å². The minimum absolute atomic E-state index is 0.197. The first-order valence-electron chi connectivity index (χ1n) is 12.8. The van der Waals surface area contributed by atoms with Gasteiger partial charge in [0.15, 0.2) is 5.69 Å². The summed E-state index contributed by atoms with van der Waals surface area (Å²) in [4.78, 5) is 56.8. The van der Waals surface area contributed by atoms with Gasteiger partial charge < -0.3 is 36.2 Å². The standard InChI is InChI=1S/C27H33N5O7/c1-14-23(34)17(13-16-7-4-3-5-8-16)30-25(36)20(31-26(37)21-18(33)9-6-11-28-21)15(2)29-27(38)22(32-24(14)35)19-10-12-39-19/h3-9,11,14-15,17,19-20,22-23,33-34H,10,12-13H2,1-2H3,(H,29,38)(H,30,36)(H,31,37)(H,32,35). The summed E-state index contributed by atoms with van der Waals surface area (Å²) in [5.74, 6) is -4.06. The number of pyridine rings is 1. The van der Waals surface area contributed by atoms with Crippen LogP contribution >= 0.6 is 0 Å². The summed E-state index contributed by atoms with van der Waals surface area (Å²) in [6.07, 6.45) is 0.163. The number of aromatic hydroxyl groups is 1. The number of aliphatic hydroxyl groups is 1. The molecule has 4 rings (SSSR count). The van der Waals surface area contributed by atoms with Gasteiger partial charge in [-0.05, 0) is 37.5 Å². The monoisotopic (exact) mass is 539 g/mol. The Balaban J connectivity index is 1.67. The van der Waals surface area contributed by atoms with Crippen LogP contribution in [-0.4, -0.2) is 81.8 Å². The molecule has 4 amide bonds. The van der Waals surface area contributed by atoms with Crippen LogP contribution in [0.25, 0.3) is 0 Å². The van der Waals surface area contributed by atoms with Crippen LogP contribution < -0.4 is 21.3 Å². The number of hydrogen-bond donors (Lipinski definition) is 6. The van der Waals surface area contributed by atoms with Crippen molar-refractivity contribution in [3.05, 3.63) is 59.9 Å². The lowest BCUT2D eigenvalue weighted by Crippen LogP contribution is -2.66. The molecule has 2 fully saturated rings. The molecule has 0 saturated carbocycles. The van der Waals surface area contributed by atoms with E-state index in [4.69, 9.17) is 4.74 Å². The molecule has 0 aliphatic carbocycles. The molecule has 1 aromatic heterocycles. The van der Waals surface area contributed by atoms with Crippen LogP contribution in [0.2, 0.25) is 0 Å². The third-order valence-electron chi connectivity index (χ3n) is 7.09. The molecule has 2 saturated heterocycles. The Kier molecular flexibility index (Phi) is 8.77. The topological polar surface area (TPSA) is 179 Å². The van der Waals surface area contributed by atoms with Crippen LogP contribution in [-0.2, 0) is 25.5 Å². The highest BCUT2D eigenvalue weighted by molar-refractivity contribution is 5.98. The van der Waals surface area contributed by atoms with Gasteiger partial charge in [0.2, 0.25) is 17.7 Å². The molecule has 39 heavy (non-hydrogen) atoms. The fourth-order valence-electron chi connectivity index (χ4n) is 4.63. The predicted octanol–water partition coefficient (Wildman–Crippen LogP) is -0.598. The average molecular weight is 540 g/mol. The van der Waals surface area contributed by atoms with Crippen LogP contribution in [0.5, 0.6) is 5.75 Å². The van der Waals surface area contributed by atoms with Gasteiger partial charge in [-0.1, -0.05) is 37.3 Å². The van der Waals surface area contributed by atoms with Gasteiger partial charge in [0.1, 0.15) is 17.8 Å². The van der Waals surface area contributed by atoms with E-state index in [1.807, 2.05) is 30.3 Å². The third-order valence-corrected chi connectivity index (χ3v) is 7.09. The van der Waals surface area contributed by atoms with Crippen molar-refractivity contribution >= 4 is 23.6 Å². The fourth-order valence-corrected chi connectivity index (χ4v) is 4.63. The summed E-state index contributed by atoms with van der Waals surface area (Å²) >= 11 is 0. The molecule has 0 spiro atoms. The quantitative estimate of drug-likeness (QED) is 0.292. The van der Waals surface area contributed by atoms with E-state index in [1.165, 1.54) is 32.2 Å². The molecule has 208 valence electrons. The summed E-state index contributed by atoms with van der Waals surface area (Å²) in [6.45, 7) is 3.47. The number of ether oxygens (including phenoxy) is 1. The Hall–Kier alpha value is -4.03. The second-order valence-electron chi connectivity index (χ2n) is 9.89. The molecule has 2 aliphatic heterocycles. The largest absolute Gasteiger partial charge is 0.505 e. The van der Waals surface area contributed by atoms with Crippen molar-refractivity contribution < 1.29 is 34.1 Å². The average Bonchev–Trinajstić information content (AvgIpc) is 2.89. The molecule has 6 N–H and O–H groups in total. The summed E-state index contributed by atoms with van der Waals surface area (Å²) in [6, 6.07) is 7.61. The van der Waals surface area contributed by atoms with E-state index in [0.717, 1.165) is 5.56 Å². The van der Waals surface area contributed by atoms with Crippen LogP contribution in [0.3, 0.4) is 0 Å². The summed E-state index contributed by atoms with van der Waals surface area (Å²) in [5, 5.41) is 32.0. The van der Waals surface area contributed by atoms with Crippen molar-refractivity contribution in [2.24, 2.45) is 5.92 Å². The number of nitrogens with zero attached hydrogens (tertiary/aromatic N) is 1. The van der Waals surface area contributed by atoms with E-state index in [2.05, 4.69) is 26.3 Å². The molecule has 2 aromatic rings. The zero-order valence-corrected chi connectivity index (χ0v) is 21.7. The Morgan fingerprint density at radius 3 is 2.38 bits per heavy atom. The highest BCUT2D eigenvalue weighted by Crippen LogP contribution is 2.20. The number of nitrogens with one attached hydrogen (secondary N) is 4. The number of benzene rings is 1. The smallest absolute Gasteiger partial charge is 0.274 e. The molecule has 2 aliphatic rings. The highest BCUT2D eigenvalue weighted by atomic mass is 16.5. The lowest BCUT2D eigenvalue weighted by Gasteiger charge is -2.37. The zero-order chi connectivity index (χ0) is 28.1. The van der Waals surface area contributed by atoms with Gasteiger partial charge in [-0.15, -0.1) is 0 Å². The van der Waals surface area contributed by atoms with Crippen molar-refractivity contribution in [2.45, 2.75) is 63.1 Å². The number of carbonyl (C=O) groups excluding carboxylic acids is 4. The molecule has 0 bridgehead atoms. The van der Waals surface area contributed by atoms with E-state index >= 15 is 0 Å². The van der Waals surface area contributed by atoms with Gasteiger partial charge in [0.05, 0.1) is 30.2 Å². The third kappa shape index (κ3) is 6.52. The number of amides is 4. The molecular weight excluding hydrogens is 506 g/mol. The van der Waals surface area contributed by atoms with Crippen LogP contribution in [0.15, 0.2) is 48.7 Å². The fraction of sp³-hybridized carbons (Fsp3) is 0.444. The van der Waals surface area contributed by atoms with Gasteiger partial charge in [0.25, 0.3) is 5.91 Å². The van der Waals surface area contributed by atoms with Crippen LogP contribution in [0.1, 0.15) is 36.3 Å². The first-order chi connectivity index (χ1) is 18.7.